The molecule has 2 saturated carbocycles. The first-order valence-electron chi connectivity index (χ1n) is 8.43. The van der Waals surface area contributed by atoms with E-state index in [9.17, 15) is 4.79 Å². The van der Waals surface area contributed by atoms with Crippen molar-refractivity contribution < 1.29 is 4.79 Å². The van der Waals surface area contributed by atoms with Gasteiger partial charge in [0.05, 0.1) is 0 Å². The number of hydrogen-bond acceptors (Lipinski definition) is 3. The van der Waals surface area contributed by atoms with E-state index >= 15 is 0 Å². The second-order valence-electron chi connectivity index (χ2n) is 7.16. The lowest BCUT2D eigenvalue weighted by Gasteiger charge is -2.35. The van der Waals surface area contributed by atoms with Crippen LogP contribution in [-0.2, 0) is 4.79 Å². The third-order valence-corrected chi connectivity index (χ3v) is 5.75. The van der Waals surface area contributed by atoms with Crippen LogP contribution in [0.3, 0.4) is 0 Å². The Bertz CT molecular complexity index is 369. The van der Waals surface area contributed by atoms with Gasteiger partial charge < -0.3 is 16.0 Å². The smallest absolute Gasteiger partial charge is 0.238 e. The molecule has 114 valence electrons. The molecule has 0 aromatic rings. The maximum atomic E-state index is 12.1. The topological polar surface area (TPSA) is 58.4 Å². The molecule has 3 N–H and O–H groups in total. The number of nitrogens with two attached hydrogens (primary N) is 1. The number of likely N-dealkylation sites (tertiary alicyclic amines) is 1. The van der Waals surface area contributed by atoms with Crippen LogP contribution in [0.2, 0.25) is 0 Å². The van der Waals surface area contributed by atoms with E-state index in [2.05, 4.69) is 17.1 Å². The van der Waals surface area contributed by atoms with E-state index in [4.69, 9.17) is 5.73 Å². The number of rotatable bonds is 6. The summed E-state index contributed by atoms with van der Waals surface area (Å²) in [4.78, 5) is 14.7. The van der Waals surface area contributed by atoms with Crippen molar-refractivity contribution in [2.75, 3.05) is 13.1 Å². The number of carbonyl (C=O) groups is 1. The molecule has 3 atom stereocenters. The second kappa shape index (κ2) is 5.64. The maximum Gasteiger partial charge on any atom is 0.238 e. The van der Waals surface area contributed by atoms with E-state index in [1.165, 1.54) is 32.2 Å². The number of amides is 1. The molecular formula is C16H29N3O. The van der Waals surface area contributed by atoms with Crippen molar-refractivity contribution in [1.82, 2.24) is 10.2 Å². The Kier molecular flexibility index (Phi) is 4.04. The molecule has 1 aliphatic heterocycles. The number of primary amides is 1. The Morgan fingerprint density at radius 2 is 2.10 bits per heavy atom. The highest BCUT2D eigenvalue weighted by Gasteiger charge is 2.49. The monoisotopic (exact) mass is 279 g/mol. The van der Waals surface area contributed by atoms with Crippen molar-refractivity contribution in [3.63, 3.8) is 0 Å². The van der Waals surface area contributed by atoms with Gasteiger partial charge in [0, 0.05) is 12.1 Å². The predicted molar refractivity (Wildman–Crippen MR) is 80.3 cm³/mol. The Morgan fingerprint density at radius 3 is 2.70 bits per heavy atom. The number of nitrogens with one attached hydrogen (secondary N) is 1. The second-order valence-corrected chi connectivity index (χ2v) is 7.16. The van der Waals surface area contributed by atoms with E-state index in [1.54, 1.807) is 0 Å². The van der Waals surface area contributed by atoms with Crippen LogP contribution in [-0.4, -0.2) is 41.5 Å². The Hall–Kier alpha value is -0.610. The molecule has 1 amide bonds. The van der Waals surface area contributed by atoms with Gasteiger partial charge in [-0.25, -0.2) is 0 Å². The van der Waals surface area contributed by atoms with E-state index in [0.717, 1.165) is 38.3 Å². The standard InChI is InChI=1S/C16H29N3O/c1-12-4-3-10-19(12)11-8-13-5-2-9-16(13,15(17)20)18-14-6-7-14/h12-14,18H,2-11H2,1H3,(H2,17,20). The van der Waals surface area contributed by atoms with Gasteiger partial charge >= 0.3 is 0 Å². The number of carbonyl (C=O) groups excluding carboxylic acids is 1. The summed E-state index contributed by atoms with van der Waals surface area (Å²) in [5.74, 6) is 0.328. The lowest BCUT2D eigenvalue weighted by atomic mass is 9.83. The van der Waals surface area contributed by atoms with E-state index < -0.39 is 5.54 Å². The molecule has 3 unspecified atom stereocenters. The predicted octanol–water partition coefficient (Wildman–Crippen LogP) is 1.64. The molecule has 2 aliphatic carbocycles. The van der Waals surface area contributed by atoms with Crippen molar-refractivity contribution >= 4 is 5.91 Å². The highest BCUT2D eigenvalue weighted by molar-refractivity contribution is 5.85. The fourth-order valence-corrected chi connectivity index (χ4v) is 4.29. The summed E-state index contributed by atoms with van der Waals surface area (Å²) in [6.45, 7) is 4.69. The zero-order valence-corrected chi connectivity index (χ0v) is 12.7. The number of hydrogen-bond donors (Lipinski definition) is 2. The molecule has 0 aromatic carbocycles. The summed E-state index contributed by atoms with van der Waals surface area (Å²) in [5, 5.41) is 3.61. The quantitative estimate of drug-likeness (QED) is 0.777. The van der Waals surface area contributed by atoms with Gasteiger partial charge in [-0.3, -0.25) is 4.79 Å². The Balaban J connectivity index is 1.62. The summed E-state index contributed by atoms with van der Waals surface area (Å²) < 4.78 is 0. The van der Waals surface area contributed by atoms with Gasteiger partial charge in [-0.2, -0.15) is 0 Å². The molecule has 0 spiro atoms. The van der Waals surface area contributed by atoms with Gasteiger partial charge in [-0.1, -0.05) is 6.42 Å². The molecule has 1 heterocycles. The summed E-state index contributed by atoms with van der Waals surface area (Å²) in [6, 6.07) is 1.27. The molecule has 4 nitrogen and oxygen atoms in total. The molecule has 4 heteroatoms. The Morgan fingerprint density at radius 1 is 1.30 bits per heavy atom. The van der Waals surface area contributed by atoms with Crippen LogP contribution in [0.25, 0.3) is 0 Å². The zero-order chi connectivity index (χ0) is 14.2. The van der Waals surface area contributed by atoms with Crippen molar-refractivity contribution in [3.8, 4) is 0 Å². The van der Waals surface area contributed by atoms with E-state index in [1.807, 2.05) is 0 Å². The highest BCUT2D eigenvalue weighted by atomic mass is 16.1. The maximum absolute atomic E-state index is 12.1. The molecule has 3 rings (SSSR count). The third-order valence-electron chi connectivity index (χ3n) is 5.75. The first-order valence-corrected chi connectivity index (χ1v) is 8.43. The van der Waals surface area contributed by atoms with Crippen LogP contribution in [0.1, 0.15) is 58.3 Å². The molecule has 0 aromatic heterocycles. The van der Waals surface area contributed by atoms with E-state index in [0.29, 0.717) is 12.0 Å². The van der Waals surface area contributed by atoms with Gasteiger partial charge in [-0.05, 0) is 70.9 Å². The normalized spacial score (nSPS) is 38.5. The summed E-state index contributed by atoms with van der Waals surface area (Å²) in [7, 11) is 0. The van der Waals surface area contributed by atoms with Crippen molar-refractivity contribution in [3.05, 3.63) is 0 Å². The van der Waals surface area contributed by atoms with Gasteiger partial charge in [0.15, 0.2) is 0 Å². The van der Waals surface area contributed by atoms with Gasteiger partial charge in [-0.15, -0.1) is 0 Å². The molecular weight excluding hydrogens is 250 g/mol. The van der Waals surface area contributed by atoms with Crippen molar-refractivity contribution in [2.24, 2.45) is 11.7 Å². The first-order chi connectivity index (χ1) is 9.62. The van der Waals surface area contributed by atoms with Crippen LogP contribution < -0.4 is 11.1 Å². The first kappa shape index (κ1) is 14.3. The average molecular weight is 279 g/mol. The fraction of sp³-hybridized carbons (Fsp3) is 0.938. The molecule has 3 fully saturated rings. The average Bonchev–Trinajstić information content (AvgIpc) is 2.97. The lowest BCUT2D eigenvalue weighted by Crippen LogP contribution is -2.59. The summed E-state index contributed by atoms with van der Waals surface area (Å²) >= 11 is 0. The molecule has 3 aliphatic rings. The lowest BCUT2D eigenvalue weighted by molar-refractivity contribution is -0.126. The third kappa shape index (κ3) is 2.73. The van der Waals surface area contributed by atoms with Gasteiger partial charge in [0.25, 0.3) is 0 Å². The van der Waals surface area contributed by atoms with Gasteiger partial charge in [0.2, 0.25) is 5.91 Å². The van der Waals surface area contributed by atoms with Crippen LogP contribution in [0.5, 0.6) is 0 Å². The summed E-state index contributed by atoms with van der Waals surface area (Å²) in [6.07, 6.45) is 9.44. The molecule has 20 heavy (non-hydrogen) atoms. The SMILES string of the molecule is CC1CCCN1CCC1CCCC1(NC1CC1)C(N)=O. The molecule has 1 saturated heterocycles. The zero-order valence-electron chi connectivity index (χ0n) is 12.7. The van der Waals surface area contributed by atoms with Crippen LogP contribution in [0.15, 0.2) is 0 Å². The summed E-state index contributed by atoms with van der Waals surface area (Å²) in [5.41, 5.74) is 5.40. The minimum Gasteiger partial charge on any atom is -0.368 e. The number of nitrogens with zero attached hydrogens (tertiary/aromatic N) is 1. The highest BCUT2D eigenvalue weighted by Crippen LogP contribution is 2.40. The van der Waals surface area contributed by atoms with E-state index in [-0.39, 0.29) is 5.91 Å². The van der Waals surface area contributed by atoms with Crippen LogP contribution in [0.4, 0.5) is 0 Å². The minimum absolute atomic E-state index is 0.110. The van der Waals surface area contributed by atoms with Crippen molar-refractivity contribution in [1.29, 1.82) is 0 Å². The fourth-order valence-electron chi connectivity index (χ4n) is 4.29. The van der Waals surface area contributed by atoms with Crippen LogP contribution in [0, 0.1) is 5.92 Å². The minimum atomic E-state index is -0.399. The largest absolute Gasteiger partial charge is 0.368 e. The van der Waals surface area contributed by atoms with Gasteiger partial charge in [0.1, 0.15) is 5.54 Å². The van der Waals surface area contributed by atoms with Crippen molar-refractivity contribution in [2.45, 2.75) is 75.9 Å². The molecule has 0 bridgehead atoms. The molecule has 0 radical (unpaired) electrons. The van der Waals surface area contributed by atoms with Crippen LogP contribution >= 0.6 is 0 Å². The Labute approximate surface area is 122 Å².